The molecule has 4 aromatic rings. The van der Waals surface area contributed by atoms with Crippen molar-refractivity contribution < 1.29 is 0 Å². The van der Waals surface area contributed by atoms with E-state index >= 15 is 0 Å². The van der Waals surface area contributed by atoms with E-state index in [4.69, 9.17) is 5.41 Å². The van der Waals surface area contributed by atoms with Crippen LogP contribution in [0.4, 0.5) is 0 Å². The van der Waals surface area contributed by atoms with Crippen LogP contribution in [0.3, 0.4) is 0 Å². The Labute approximate surface area is 178 Å². The summed E-state index contributed by atoms with van der Waals surface area (Å²) < 4.78 is 0. The molecule has 0 aromatic heterocycles. The Hall–Kier alpha value is -2.89. The van der Waals surface area contributed by atoms with Crippen LogP contribution in [0.1, 0.15) is 5.56 Å². The molecule has 0 saturated heterocycles. The molecule has 3 heteroatoms. The predicted octanol–water partition coefficient (Wildman–Crippen LogP) is 5.84. The number of hydrogen-bond donors (Lipinski definition) is 0. The minimum Gasteiger partial charge on any atom is -0.753 e. The molecule has 0 fully saturated rings. The Bertz CT molecular complexity index is 932. The molecule has 0 heterocycles. The van der Waals surface area contributed by atoms with E-state index in [1.165, 1.54) is 26.6 Å². The maximum Gasteiger partial charge on any atom is 0.116 e. The largest absolute Gasteiger partial charge is 0.753 e. The van der Waals surface area contributed by atoms with Crippen LogP contribution in [0, 0.1) is 0 Å². The van der Waals surface area contributed by atoms with Gasteiger partial charge in [-0.1, -0.05) is 97.1 Å². The molecule has 0 bridgehead atoms. The SMILES string of the molecule is [N-]=C=S.c1ccc(C[P+](c2ccccc2)(c2ccccc2)c2ccccc2)cc1. The molecule has 0 spiro atoms. The second kappa shape index (κ2) is 10.6. The van der Waals surface area contributed by atoms with Gasteiger partial charge in [-0.3, -0.25) is 0 Å². The first-order valence-corrected chi connectivity index (χ1v) is 11.8. The average molecular weight is 412 g/mol. The zero-order valence-corrected chi connectivity index (χ0v) is 17.8. The van der Waals surface area contributed by atoms with Crippen LogP contribution in [0.25, 0.3) is 5.41 Å². The highest BCUT2D eigenvalue weighted by Gasteiger charge is 2.45. The van der Waals surface area contributed by atoms with Crippen molar-refractivity contribution in [3.8, 4) is 0 Å². The zero-order chi connectivity index (χ0) is 20.4. The number of hydrogen-bond acceptors (Lipinski definition) is 1. The summed E-state index contributed by atoms with van der Waals surface area (Å²) in [5, 5.41) is 12.8. The third-order valence-corrected chi connectivity index (χ3v) is 9.23. The quantitative estimate of drug-likeness (QED) is 0.230. The molecule has 0 aliphatic carbocycles. The molecule has 0 aliphatic rings. The lowest BCUT2D eigenvalue weighted by atomic mass is 10.2. The molecule has 4 rings (SSSR count). The Morgan fingerprint density at radius 3 is 1.14 bits per heavy atom. The number of thiocarbonyl (C=S) groups is 1. The molecule has 0 N–H and O–H groups in total. The van der Waals surface area contributed by atoms with Crippen molar-refractivity contribution >= 4 is 40.6 Å². The van der Waals surface area contributed by atoms with Crippen LogP contribution in [0.15, 0.2) is 121 Å². The van der Waals surface area contributed by atoms with Gasteiger partial charge in [0.25, 0.3) is 0 Å². The van der Waals surface area contributed by atoms with Crippen LogP contribution in [0.2, 0.25) is 0 Å². The van der Waals surface area contributed by atoms with Crippen molar-refractivity contribution in [2.24, 2.45) is 0 Å². The van der Waals surface area contributed by atoms with E-state index in [0.29, 0.717) is 0 Å². The van der Waals surface area contributed by atoms with Crippen LogP contribution in [0.5, 0.6) is 0 Å². The summed E-state index contributed by atoms with van der Waals surface area (Å²) in [6.45, 7) is 0. The van der Waals surface area contributed by atoms with Crippen LogP contribution < -0.4 is 15.9 Å². The summed E-state index contributed by atoms with van der Waals surface area (Å²) in [6.07, 6.45) is 1.03. The molecule has 29 heavy (non-hydrogen) atoms. The normalized spacial score (nSPS) is 10.3. The van der Waals surface area contributed by atoms with E-state index in [1.807, 2.05) is 0 Å². The van der Waals surface area contributed by atoms with Gasteiger partial charge in [-0.25, -0.2) is 0 Å². The fourth-order valence-electron chi connectivity index (χ4n) is 3.63. The fraction of sp³-hybridized carbons (Fsp3) is 0.0385. The number of benzene rings is 4. The van der Waals surface area contributed by atoms with Gasteiger partial charge >= 0.3 is 0 Å². The van der Waals surface area contributed by atoms with Gasteiger partial charge < -0.3 is 5.41 Å². The number of rotatable bonds is 5. The van der Waals surface area contributed by atoms with E-state index in [2.05, 4.69) is 134 Å². The zero-order valence-electron chi connectivity index (χ0n) is 16.1. The van der Waals surface area contributed by atoms with Crippen LogP contribution in [-0.4, -0.2) is 5.16 Å². The van der Waals surface area contributed by atoms with Gasteiger partial charge in [0.2, 0.25) is 0 Å². The Morgan fingerprint density at radius 2 is 0.828 bits per heavy atom. The molecular weight excluding hydrogens is 389 g/mol. The molecule has 4 aromatic carbocycles. The van der Waals surface area contributed by atoms with E-state index in [9.17, 15) is 0 Å². The standard InChI is InChI=1S/C25H22P.CNS/c1-5-13-22(14-6-1)21-26(23-15-7-2-8-16-23,24-17-9-3-10-18-24)25-19-11-4-12-20-25;2-1-3/h1-20H,21H2;/q+1;-1. The third-order valence-electron chi connectivity index (χ3n) is 4.85. The first kappa shape index (κ1) is 20.8. The molecule has 0 amide bonds. The lowest BCUT2D eigenvalue weighted by Gasteiger charge is -2.27. The van der Waals surface area contributed by atoms with Gasteiger partial charge in [-0.15, -0.1) is 0 Å². The second-order valence-electron chi connectivity index (χ2n) is 6.55. The Kier molecular flexibility index (Phi) is 7.61. The lowest BCUT2D eigenvalue weighted by Crippen LogP contribution is -2.32. The van der Waals surface area contributed by atoms with Crippen molar-refractivity contribution in [3.63, 3.8) is 0 Å². The van der Waals surface area contributed by atoms with Crippen molar-refractivity contribution in [3.05, 3.63) is 132 Å². The van der Waals surface area contributed by atoms with Gasteiger partial charge in [-0.05, 0) is 42.0 Å². The molecule has 0 unspecified atom stereocenters. The highest BCUT2D eigenvalue weighted by atomic mass is 32.1. The predicted molar refractivity (Wildman–Crippen MR) is 131 cm³/mol. The molecule has 0 atom stereocenters. The van der Waals surface area contributed by atoms with E-state index in [-0.39, 0.29) is 0 Å². The summed E-state index contributed by atoms with van der Waals surface area (Å²) >= 11 is 3.70. The molecular formula is C26H22NPS. The topological polar surface area (TPSA) is 22.3 Å². The summed E-state index contributed by atoms with van der Waals surface area (Å²) in [7, 11) is -1.78. The highest BCUT2D eigenvalue weighted by molar-refractivity contribution is 7.95. The van der Waals surface area contributed by atoms with Crippen molar-refractivity contribution in [1.82, 2.24) is 0 Å². The second-order valence-corrected chi connectivity index (χ2v) is 10.2. The van der Waals surface area contributed by atoms with Crippen molar-refractivity contribution in [2.75, 3.05) is 0 Å². The van der Waals surface area contributed by atoms with Gasteiger partial charge in [0.15, 0.2) is 0 Å². The van der Waals surface area contributed by atoms with Crippen molar-refractivity contribution in [2.45, 2.75) is 6.16 Å². The first-order chi connectivity index (χ1) is 14.3. The maximum absolute atomic E-state index is 7.13. The lowest BCUT2D eigenvalue weighted by molar-refractivity contribution is 1.39. The Balaban J connectivity index is 0.000000755. The summed E-state index contributed by atoms with van der Waals surface area (Å²) in [4.78, 5) is 0. The molecule has 0 aliphatic heterocycles. The smallest absolute Gasteiger partial charge is 0.116 e. The van der Waals surface area contributed by atoms with Gasteiger partial charge in [-0.2, -0.15) is 5.16 Å². The summed E-state index contributed by atoms with van der Waals surface area (Å²) in [5.74, 6) is 0. The third kappa shape index (κ3) is 4.94. The van der Waals surface area contributed by atoms with Gasteiger partial charge in [0.05, 0.1) is 6.16 Å². The van der Waals surface area contributed by atoms with Gasteiger partial charge in [0.1, 0.15) is 23.2 Å². The molecule has 0 saturated carbocycles. The highest BCUT2D eigenvalue weighted by Crippen LogP contribution is 2.58. The van der Waals surface area contributed by atoms with E-state index < -0.39 is 7.26 Å². The maximum atomic E-state index is 7.13. The van der Waals surface area contributed by atoms with Crippen molar-refractivity contribution in [1.29, 1.82) is 0 Å². The minimum atomic E-state index is -1.78. The minimum absolute atomic E-state index is 1.03. The molecule has 0 radical (unpaired) electrons. The molecule has 142 valence electrons. The summed E-state index contributed by atoms with van der Waals surface area (Å²) in [5.41, 5.74) is 1.39. The van der Waals surface area contributed by atoms with Gasteiger partial charge in [0, 0.05) is 0 Å². The monoisotopic (exact) mass is 411 g/mol. The Morgan fingerprint density at radius 1 is 0.552 bits per heavy atom. The van der Waals surface area contributed by atoms with Crippen LogP contribution >= 0.6 is 19.5 Å². The van der Waals surface area contributed by atoms with Crippen LogP contribution in [-0.2, 0) is 6.16 Å². The average Bonchev–Trinajstić information content (AvgIpc) is 2.80. The first-order valence-electron chi connectivity index (χ1n) is 9.41. The van der Waals surface area contributed by atoms with E-state index in [0.717, 1.165) is 6.16 Å². The molecule has 1 nitrogen and oxygen atoms in total. The summed E-state index contributed by atoms with van der Waals surface area (Å²) in [6, 6.07) is 44.0. The fourth-order valence-corrected chi connectivity index (χ4v) is 7.87. The van der Waals surface area contributed by atoms with E-state index in [1.54, 1.807) is 0 Å². The number of isothiocyanates is 1. The number of nitrogens with zero attached hydrogens (tertiary/aromatic N) is 1.